The highest BCUT2D eigenvalue weighted by atomic mass is 32.2. The fourth-order valence-corrected chi connectivity index (χ4v) is 5.73. The molecule has 2 aromatic carbocycles. The van der Waals surface area contributed by atoms with Crippen LogP contribution < -0.4 is 14.8 Å². The number of H-pyrrole nitrogens is 1. The fraction of sp³-hybridized carbons (Fsp3) is 0.391. The van der Waals surface area contributed by atoms with Crippen molar-refractivity contribution >= 4 is 32.7 Å². The quantitative estimate of drug-likeness (QED) is 0.592. The Kier molecular flexibility index (Phi) is 5.94. The third-order valence-corrected chi connectivity index (χ3v) is 7.82. The van der Waals surface area contributed by atoms with Crippen molar-refractivity contribution in [2.75, 3.05) is 31.6 Å². The maximum absolute atomic E-state index is 12.9. The third-order valence-electron chi connectivity index (χ3n) is 5.92. The summed E-state index contributed by atoms with van der Waals surface area (Å²) in [5, 5.41) is 10.5. The Hall–Kier alpha value is -3.11. The van der Waals surface area contributed by atoms with E-state index in [9.17, 15) is 13.2 Å². The van der Waals surface area contributed by atoms with E-state index in [2.05, 4.69) is 15.5 Å². The lowest BCUT2D eigenvalue weighted by Gasteiger charge is -2.25. The number of aromatic nitrogens is 2. The Labute approximate surface area is 192 Å². The molecule has 174 valence electrons. The zero-order valence-electron chi connectivity index (χ0n) is 18.2. The van der Waals surface area contributed by atoms with Crippen LogP contribution in [0.3, 0.4) is 0 Å². The summed E-state index contributed by atoms with van der Waals surface area (Å²) in [5.74, 6) is 1.46. The highest BCUT2D eigenvalue weighted by molar-refractivity contribution is 7.89. The Bertz CT molecular complexity index is 1280. The Morgan fingerprint density at radius 3 is 2.61 bits per heavy atom. The topological polar surface area (TPSA) is 114 Å². The number of piperidine rings is 1. The van der Waals surface area contributed by atoms with Crippen molar-refractivity contribution in [1.82, 2.24) is 14.5 Å². The Balaban J connectivity index is 1.30. The number of hydrogen-bond acceptors (Lipinski definition) is 6. The number of anilines is 1. The summed E-state index contributed by atoms with van der Waals surface area (Å²) in [6.07, 6.45) is 3.78. The minimum absolute atomic E-state index is 0.145. The van der Waals surface area contributed by atoms with Gasteiger partial charge in [0.15, 0.2) is 17.3 Å². The van der Waals surface area contributed by atoms with E-state index in [1.807, 2.05) is 18.2 Å². The van der Waals surface area contributed by atoms with Crippen LogP contribution in [0.2, 0.25) is 0 Å². The largest absolute Gasteiger partial charge is 0.490 e. The van der Waals surface area contributed by atoms with Gasteiger partial charge in [0, 0.05) is 24.9 Å². The minimum Gasteiger partial charge on any atom is -0.490 e. The van der Waals surface area contributed by atoms with Gasteiger partial charge in [-0.2, -0.15) is 9.40 Å². The second-order valence-electron chi connectivity index (χ2n) is 8.30. The number of fused-ring (bicyclic) bond motifs is 2. The molecule has 0 unspecified atom stereocenters. The molecule has 1 amide bonds. The number of carbonyl (C=O) groups excluding carboxylic acids is 1. The summed E-state index contributed by atoms with van der Waals surface area (Å²) >= 11 is 0. The number of ether oxygens (including phenoxy) is 2. The van der Waals surface area contributed by atoms with Gasteiger partial charge in [0.25, 0.3) is 0 Å². The Morgan fingerprint density at radius 1 is 1.00 bits per heavy atom. The lowest BCUT2D eigenvalue weighted by atomic mass is 10.1. The Morgan fingerprint density at radius 2 is 1.79 bits per heavy atom. The average molecular weight is 471 g/mol. The molecule has 0 saturated carbocycles. The summed E-state index contributed by atoms with van der Waals surface area (Å²) in [6, 6.07) is 10.3. The van der Waals surface area contributed by atoms with E-state index in [4.69, 9.17) is 9.47 Å². The first-order valence-electron chi connectivity index (χ1n) is 11.2. The highest BCUT2D eigenvalue weighted by Crippen LogP contribution is 2.31. The molecule has 33 heavy (non-hydrogen) atoms. The minimum atomic E-state index is -3.54. The van der Waals surface area contributed by atoms with Gasteiger partial charge in [0.05, 0.1) is 30.0 Å². The van der Waals surface area contributed by atoms with Crippen molar-refractivity contribution < 1.29 is 22.7 Å². The summed E-state index contributed by atoms with van der Waals surface area (Å²) < 4.78 is 38.7. The standard InChI is InChI=1S/C23H26N4O5S/c28-22(14-16-5-8-20-21(13-16)32-12-4-11-31-20)24-23-18-7-6-17(15-19(18)25-26-23)33(29,30)27-9-2-1-3-10-27/h5-8,13,15H,1-4,9-12,14H2,(H2,24,25,26,28). The fourth-order valence-electron chi connectivity index (χ4n) is 4.19. The van der Waals surface area contributed by atoms with Crippen molar-refractivity contribution in [2.45, 2.75) is 37.0 Å². The lowest BCUT2D eigenvalue weighted by Crippen LogP contribution is -2.35. The van der Waals surface area contributed by atoms with Crippen molar-refractivity contribution in [1.29, 1.82) is 0 Å². The number of sulfonamides is 1. The van der Waals surface area contributed by atoms with Crippen LogP contribution in [0.1, 0.15) is 31.2 Å². The molecule has 10 heteroatoms. The summed E-state index contributed by atoms with van der Waals surface area (Å²) in [6.45, 7) is 2.28. The molecule has 5 rings (SSSR count). The first kappa shape index (κ1) is 21.7. The third kappa shape index (κ3) is 4.53. The second kappa shape index (κ2) is 9.03. The van der Waals surface area contributed by atoms with E-state index in [1.165, 1.54) is 4.31 Å². The molecule has 0 radical (unpaired) electrons. The molecule has 0 bridgehead atoms. The molecule has 9 nitrogen and oxygen atoms in total. The van der Waals surface area contributed by atoms with Crippen LogP contribution in [0.5, 0.6) is 11.5 Å². The maximum Gasteiger partial charge on any atom is 0.243 e. The van der Waals surface area contributed by atoms with Crippen molar-refractivity contribution in [3.8, 4) is 11.5 Å². The van der Waals surface area contributed by atoms with Crippen molar-refractivity contribution in [3.63, 3.8) is 0 Å². The predicted molar refractivity (Wildman–Crippen MR) is 123 cm³/mol. The first-order chi connectivity index (χ1) is 16.0. The number of nitrogens with one attached hydrogen (secondary N) is 2. The number of aromatic amines is 1. The number of carbonyl (C=O) groups is 1. The highest BCUT2D eigenvalue weighted by Gasteiger charge is 2.26. The number of rotatable bonds is 5. The van der Waals surface area contributed by atoms with Gasteiger partial charge in [-0.3, -0.25) is 9.89 Å². The molecule has 1 aromatic heterocycles. The summed E-state index contributed by atoms with van der Waals surface area (Å²) in [7, 11) is -3.54. The van der Waals surface area contributed by atoms with Gasteiger partial charge in [0.1, 0.15) is 0 Å². The molecular formula is C23H26N4O5S. The van der Waals surface area contributed by atoms with Crippen LogP contribution in [0, 0.1) is 0 Å². The first-order valence-corrected chi connectivity index (χ1v) is 12.6. The van der Waals surface area contributed by atoms with Crippen molar-refractivity contribution in [2.24, 2.45) is 0 Å². The molecule has 0 spiro atoms. The van der Waals surface area contributed by atoms with Gasteiger partial charge in [-0.05, 0) is 48.7 Å². The van der Waals surface area contributed by atoms with Crippen molar-refractivity contribution in [3.05, 3.63) is 42.0 Å². The number of amides is 1. The van der Waals surface area contributed by atoms with Crippen LogP contribution in [0.4, 0.5) is 5.82 Å². The zero-order chi connectivity index (χ0) is 22.8. The molecule has 3 heterocycles. The molecular weight excluding hydrogens is 444 g/mol. The van der Waals surface area contributed by atoms with Gasteiger partial charge in [-0.15, -0.1) is 0 Å². The predicted octanol–water partition coefficient (Wildman–Crippen LogP) is 3.08. The van der Waals surface area contributed by atoms with Gasteiger partial charge >= 0.3 is 0 Å². The van der Waals surface area contributed by atoms with Gasteiger partial charge in [-0.25, -0.2) is 8.42 Å². The molecule has 2 aliphatic rings. The molecule has 1 saturated heterocycles. The monoisotopic (exact) mass is 470 g/mol. The van der Waals surface area contributed by atoms with Crippen LogP contribution in [0.15, 0.2) is 41.3 Å². The van der Waals surface area contributed by atoms with Crippen LogP contribution >= 0.6 is 0 Å². The molecule has 2 N–H and O–H groups in total. The summed E-state index contributed by atoms with van der Waals surface area (Å²) in [4.78, 5) is 12.9. The van der Waals surface area contributed by atoms with Gasteiger partial charge in [0.2, 0.25) is 15.9 Å². The molecule has 0 aliphatic carbocycles. The van der Waals surface area contributed by atoms with Gasteiger partial charge < -0.3 is 14.8 Å². The van der Waals surface area contributed by atoms with Gasteiger partial charge in [-0.1, -0.05) is 12.5 Å². The SMILES string of the molecule is O=C(Cc1ccc2c(c1)OCCCO2)Nc1n[nH]c2cc(S(=O)(=O)N3CCCCC3)ccc12. The normalized spacial score (nSPS) is 17.0. The van der Waals surface area contributed by atoms with Crippen LogP contribution in [-0.2, 0) is 21.2 Å². The van der Waals surface area contributed by atoms with E-state index in [0.717, 1.165) is 31.2 Å². The second-order valence-corrected chi connectivity index (χ2v) is 10.2. The summed E-state index contributed by atoms with van der Waals surface area (Å²) in [5.41, 5.74) is 1.35. The van der Waals surface area contributed by atoms with E-state index in [0.29, 0.717) is 54.5 Å². The maximum atomic E-state index is 12.9. The number of benzene rings is 2. The molecule has 2 aliphatic heterocycles. The van der Waals surface area contributed by atoms with E-state index < -0.39 is 10.0 Å². The number of nitrogens with zero attached hydrogens (tertiary/aromatic N) is 2. The molecule has 3 aromatic rings. The zero-order valence-corrected chi connectivity index (χ0v) is 19.0. The van der Waals surface area contributed by atoms with E-state index in [1.54, 1.807) is 18.2 Å². The molecule has 1 fully saturated rings. The van der Waals surface area contributed by atoms with E-state index in [-0.39, 0.29) is 17.2 Å². The smallest absolute Gasteiger partial charge is 0.243 e. The number of hydrogen-bond donors (Lipinski definition) is 2. The van der Waals surface area contributed by atoms with Crippen LogP contribution in [0.25, 0.3) is 10.9 Å². The average Bonchev–Trinajstić information content (AvgIpc) is 3.06. The van der Waals surface area contributed by atoms with E-state index >= 15 is 0 Å². The molecule has 0 atom stereocenters. The lowest BCUT2D eigenvalue weighted by molar-refractivity contribution is -0.115. The van der Waals surface area contributed by atoms with Crippen LogP contribution in [-0.4, -0.2) is 55.1 Å².